The Balaban J connectivity index is 1.33. The third-order valence-electron chi connectivity index (χ3n) is 7.41. The molecular formula is C28H32N4O2S. The van der Waals surface area contributed by atoms with E-state index in [0.717, 1.165) is 56.0 Å². The Bertz CT molecular complexity index is 1140. The Kier molecular flexibility index (Phi) is 6.44. The molecule has 1 saturated carbocycles. The average molecular weight is 489 g/mol. The molecule has 3 fully saturated rings. The van der Waals surface area contributed by atoms with Crippen LogP contribution in [0.1, 0.15) is 62.0 Å². The number of nitrogens with zero attached hydrogens (tertiary/aromatic N) is 3. The zero-order chi connectivity index (χ0) is 23.6. The van der Waals surface area contributed by atoms with Gasteiger partial charge in [-0.05, 0) is 99.3 Å². The molecule has 0 amide bonds. The predicted molar refractivity (Wildman–Crippen MR) is 141 cm³/mol. The molecule has 3 aromatic rings. The van der Waals surface area contributed by atoms with Crippen LogP contribution in [0.4, 0.5) is 5.69 Å². The lowest BCUT2D eigenvalue weighted by Crippen LogP contribution is -2.31. The topological polar surface area (TPSA) is 51.5 Å². The molecule has 1 N–H and O–H groups in total. The number of pyridine rings is 1. The lowest BCUT2D eigenvalue weighted by Gasteiger charge is -2.29. The summed E-state index contributed by atoms with van der Waals surface area (Å²) < 4.78 is 14.5. The van der Waals surface area contributed by atoms with Crippen LogP contribution in [0.3, 0.4) is 0 Å². The molecule has 0 radical (unpaired) electrons. The van der Waals surface area contributed by atoms with Crippen molar-refractivity contribution in [3.05, 3.63) is 78.4 Å². The van der Waals surface area contributed by atoms with Crippen LogP contribution in [0.2, 0.25) is 0 Å². The highest BCUT2D eigenvalue weighted by molar-refractivity contribution is 7.80. The predicted octanol–water partition coefficient (Wildman–Crippen LogP) is 5.56. The molecule has 6 rings (SSSR count). The number of hydrogen-bond donors (Lipinski definition) is 1. The van der Waals surface area contributed by atoms with Gasteiger partial charge in [-0.25, -0.2) is 0 Å². The molecule has 3 atom stereocenters. The Morgan fingerprint density at radius 2 is 1.86 bits per heavy atom. The Morgan fingerprint density at radius 3 is 2.60 bits per heavy atom. The number of benzene rings is 1. The molecule has 0 unspecified atom stereocenters. The molecule has 182 valence electrons. The molecule has 3 aliphatic rings. The van der Waals surface area contributed by atoms with Crippen molar-refractivity contribution in [1.82, 2.24) is 14.9 Å². The molecule has 7 heteroatoms. The Labute approximate surface area is 212 Å². The second-order valence-electron chi connectivity index (χ2n) is 9.74. The number of thiocarbonyl (C=S) groups is 1. The van der Waals surface area contributed by atoms with Gasteiger partial charge < -0.3 is 24.3 Å². The van der Waals surface area contributed by atoms with Crippen molar-refractivity contribution in [2.45, 2.75) is 69.4 Å². The highest BCUT2D eigenvalue weighted by atomic mass is 32.1. The normalized spacial score (nSPS) is 24.7. The monoisotopic (exact) mass is 488 g/mol. The summed E-state index contributed by atoms with van der Waals surface area (Å²) in [7, 11) is 0. The quantitative estimate of drug-likeness (QED) is 0.440. The third-order valence-corrected chi connectivity index (χ3v) is 7.72. The van der Waals surface area contributed by atoms with Gasteiger partial charge in [0.1, 0.15) is 11.8 Å². The van der Waals surface area contributed by atoms with Crippen molar-refractivity contribution in [2.24, 2.45) is 0 Å². The van der Waals surface area contributed by atoms with Gasteiger partial charge in [-0.1, -0.05) is 6.07 Å². The molecular weight excluding hydrogens is 456 g/mol. The largest absolute Gasteiger partial charge is 0.490 e. The van der Waals surface area contributed by atoms with E-state index in [1.807, 2.05) is 18.3 Å². The summed E-state index contributed by atoms with van der Waals surface area (Å²) in [4.78, 5) is 6.92. The molecule has 35 heavy (non-hydrogen) atoms. The first-order valence-corrected chi connectivity index (χ1v) is 13.2. The number of anilines is 1. The average Bonchev–Trinajstić information content (AvgIpc) is 3.69. The van der Waals surface area contributed by atoms with E-state index in [4.69, 9.17) is 21.7 Å². The summed E-state index contributed by atoms with van der Waals surface area (Å²) in [6.45, 7) is 1.71. The molecule has 1 aliphatic carbocycles. The van der Waals surface area contributed by atoms with Gasteiger partial charge in [-0.15, -0.1) is 0 Å². The summed E-state index contributed by atoms with van der Waals surface area (Å²) in [5.41, 5.74) is 3.23. The van der Waals surface area contributed by atoms with Crippen molar-refractivity contribution in [3.8, 4) is 5.75 Å². The molecule has 4 heterocycles. The Morgan fingerprint density at radius 1 is 1.00 bits per heavy atom. The first kappa shape index (κ1) is 22.6. The molecule has 0 bridgehead atoms. The van der Waals surface area contributed by atoms with Crippen molar-refractivity contribution in [2.75, 3.05) is 11.5 Å². The maximum atomic E-state index is 6.21. The van der Waals surface area contributed by atoms with E-state index in [1.165, 1.54) is 18.5 Å². The smallest absolute Gasteiger partial charge is 0.174 e. The van der Waals surface area contributed by atoms with Crippen molar-refractivity contribution in [1.29, 1.82) is 0 Å². The minimum atomic E-state index is -0.0590. The van der Waals surface area contributed by atoms with E-state index in [1.54, 1.807) is 0 Å². The van der Waals surface area contributed by atoms with E-state index in [0.29, 0.717) is 11.2 Å². The van der Waals surface area contributed by atoms with Gasteiger partial charge in [0.2, 0.25) is 0 Å². The second-order valence-corrected chi connectivity index (χ2v) is 10.1. The van der Waals surface area contributed by atoms with E-state index < -0.39 is 0 Å². The molecule has 2 saturated heterocycles. The molecule has 6 nitrogen and oxygen atoms in total. The van der Waals surface area contributed by atoms with Gasteiger partial charge in [0.25, 0.3) is 0 Å². The zero-order valence-electron chi connectivity index (χ0n) is 19.9. The minimum absolute atomic E-state index is 0.0320. The van der Waals surface area contributed by atoms with Crippen LogP contribution in [0.15, 0.2) is 67.0 Å². The summed E-state index contributed by atoms with van der Waals surface area (Å²) >= 11 is 5.91. The number of rotatable bonds is 7. The number of hydrogen-bond acceptors (Lipinski definition) is 4. The first-order valence-electron chi connectivity index (χ1n) is 12.8. The van der Waals surface area contributed by atoms with Gasteiger partial charge >= 0.3 is 0 Å². The van der Waals surface area contributed by atoms with E-state index >= 15 is 0 Å². The number of ether oxygens (including phenoxy) is 2. The molecule has 2 aliphatic heterocycles. The van der Waals surface area contributed by atoms with E-state index in [-0.39, 0.29) is 18.2 Å². The molecule has 1 aromatic carbocycles. The van der Waals surface area contributed by atoms with Gasteiger partial charge in [0, 0.05) is 36.9 Å². The second kappa shape index (κ2) is 9.99. The highest BCUT2D eigenvalue weighted by Crippen LogP contribution is 2.42. The fourth-order valence-electron chi connectivity index (χ4n) is 5.69. The van der Waals surface area contributed by atoms with Crippen LogP contribution in [-0.4, -0.2) is 33.5 Å². The van der Waals surface area contributed by atoms with Gasteiger partial charge in [-0.2, -0.15) is 0 Å². The fraction of sp³-hybridized carbons (Fsp3) is 0.429. The van der Waals surface area contributed by atoms with Crippen LogP contribution in [0.25, 0.3) is 0 Å². The standard InChI is InChI=1S/C28H32N4O2S/c35-28-30-26(24-10-3-4-16-29-24)27(25-11-5-17-31(25)19-23-9-6-18-33-23)32(28)20-12-14-22(15-13-20)34-21-7-1-2-8-21/h3-5,10-17,21,23,26-27H,1-2,6-9,18-19H2,(H,30,35)/t23-,26+,27+/m0/s1. The minimum Gasteiger partial charge on any atom is -0.490 e. The highest BCUT2D eigenvalue weighted by Gasteiger charge is 2.42. The number of nitrogens with one attached hydrogen (secondary N) is 1. The summed E-state index contributed by atoms with van der Waals surface area (Å²) in [6.07, 6.45) is 11.7. The zero-order valence-corrected chi connectivity index (χ0v) is 20.7. The molecule has 0 spiro atoms. The molecule has 2 aromatic heterocycles. The SMILES string of the molecule is S=C1N[C@H](c2ccccn2)[C@@H](c2cccn2C[C@@H]2CCCO2)N1c1ccc(OC2CCCC2)cc1. The van der Waals surface area contributed by atoms with Crippen LogP contribution >= 0.6 is 12.2 Å². The maximum Gasteiger partial charge on any atom is 0.174 e. The van der Waals surface area contributed by atoms with Crippen molar-refractivity contribution < 1.29 is 9.47 Å². The van der Waals surface area contributed by atoms with E-state index in [2.05, 4.69) is 68.4 Å². The van der Waals surface area contributed by atoms with Crippen LogP contribution in [0, 0.1) is 0 Å². The van der Waals surface area contributed by atoms with Gasteiger partial charge in [0.05, 0.1) is 23.9 Å². The summed E-state index contributed by atoms with van der Waals surface area (Å²) in [5, 5.41) is 4.28. The Hall–Kier alpha value is -2.90. The van der Waals surface area contributed by atoms with Crippen LogP contribution < -0.4 is 15.0 Å². The summed E-state index contributed by atoms with van der Waals surface area (Å²) in [6, 6.07) is 18.7. The third kappa shape index (κ3) is 4.67. The lowest BCUT2D eigenvalue weighted by molar-refractivity contribution is 0.0961. The summed E-state index contributed by atoms with van der Waals surface area (Å²) in [5.74, 6) is 0.929. The van der Waals surface area contributed by atoms with Gasteiger partial charge in [-0.3, -0.25) is 4.98 Å². The maximum absolute atomic E-state index is 6.21. The van der Waals surface area contributed by atoms with Crippen LogP contribution in [0.5, 0.6) is 5.75 Å². The lowest BCUT2D eigenvalue weighted by atomic mass is 10.0. The van der Waals surface area contributed by atoms with Gasteiger partial charge in [0.15, 0.2) is 5.11 Å². The first-order chi connectivity index (χ1) is 17.3. The van der Waals surface area contributed by atoms with Crippen molar-refractivity contribution >= 4 is 23.0 Å². The van der Waals surface area contributed by atoms with E-state index in [9.17, 15) is 0 Å². The fourth-order valence-corrected chi connectivity index (χ4v) is 6.03. The number of aromatic nitrogens is 2. The van der Waals surface area contributed by atoms with Crippen LogP contribution in [-0.2, 0) is 11.3 Å². The van der Waals surface area contributed by atoms with Crippen molar-refractivity contribution in [3.63, 3.8) is 0 Å².